The van der Waals surface area contributed by atoms with Crippen LogP contribution in [0.3, 0.4) is 0 Å². The van der Waals surface area contributed by atoms with E-state index in [0.29, 0.717) is 28.6 Å². The van der Waals surface area contributed by atoms with Gasteiger partial charge in [-0.15, -0.1) is 11.8 Å². The molecule has 2 unspecified atom stereocenters. The summed E-state index contributed by atoms with van der Waals surface area (Å²) >= 11 is 1.92. The summed E-state index contributed by atoms with van der Waals surface area (Å²) in [6.45, 7) is 0. The number of fused-ring (bicyclic) bond motifs is 7. The maximum atomic E-state index is 6.20. The SMILES string of the molecule is C1=CC2c3ccccc3SC2C=C1c1nc(-c2cccc(-c3ccccc3)c2)nc(-c2ccc3cc(-c4cccc5oc6ccccc6c45)ccc3c2)n1. The van der Waals surface area contributed by atoms with E-state index in [-0.39, 0.29) is 0 Å². The van der Waals surface area contributed by atoms with Gasteiger partial charge < -0.3 is 4.42 Å². The van der Waals surface area contributed by atoms with Crippen molar-refractivity contribution in [2.24, 2.45) is 0 Å². The van der Waals surface area contributed by atoms with E-state index in [9.17, 15) is 0 Å². The summed E-state index contributed by atoms with van der Waals surface area (Å²) in [6, 6.07) is 55.4. The van der Waals surface area contributed by atoms with Crippen LogP contribution >= 0.6 is 11.8 Å². The lowest BCUT2D eigenvalue weighted by molar-refractivity contribution is 0.669. The van der Waals surface area contributed by atoms with Gasteiger partial charge in [0.25, 0.3) is 0 Å². The number of benzene rings is 7. The van der Waals surface area contributed by atoms with Gasteiger partial charge in [-0.3, -0.25) is 0 Å². The number of nitrogens with zero attached hydrogens (tertiary/aromatic N) is 3. The molecule has 5 heteroatoms. The van der Waals surface area contributed by atoms with Gasteiger partial charge in [0.2, 0.25) is 0 Å². The summed E-state index contributed by atoms with van der Waals surface area (Å²) in [5.74, 6) is 2.34. The second-order valence-electron chi connectivity index (χ2n) is 13.9. The third kappa shape index (κ3) is 5.27. The van der Waals surface area contributed by atoms with E-state index >= 15 is 0 Å². The van der Waals surface area contributed by atoms with Crippen molar-refractivity contribution in [2.75, 3.05) is 0 Å². The molecule has 0 amide bonds. The van der Waals surface area contributed by atoms with Gasteiger partial charge in [-0.05, 0) is 75.0 Å². The van der Waals surface area contributed by atoms with Gasteiger partial charge in [0.1, 0.15) is 11.2 Å². The van der Waals surface area contributed by atoms with Gasteiger partial charge in [0, 0.05) is 43.5 Å². The van der Waals surface area contributed by atoms with Crippen LogP contribution in [-0.4, -0.2) is 20.2 Å². The fraction of sp³-hybridized carbons (Fsp3) is 0.0408. The van der Waals surface area contributed by atoms with Crippen molar-refractivity contribution < 1.29 is 4.42 Å². The summed E-state index contributed by atoms with van der Waals surface area (Å²) in [7, 11) is 0. The highest BCUT2D eigenvalue weighted by Crippen LogP contribution is 2.49. The van der Waals surface area contributed by atoms with E-state index in [1.165, 1.54) is 10.5 Å². The Morgan fingerprint density at radius 2 is 1.17 bits per heavy atom. The molecule has 4 nitrogen and oxygen atoms in total. The van der Waals surface area contributed by atoms with Gasteiger partial charge in [0.05, 0.1) is 0 Å². The molecule has 3 heterocycles. The van der Waals surface area contributed by atoms with Crippen molar-refractivity contribution >= 4 is 50.0 Å². The Labute approximate surface area is 316 Å². The minimum atomic E-state index is 0.299. The van der Waals surface area contributed by atoms with Crippen molar-refractivity contribution in [1.29, 1.82) is 0 Å². The monoisotopic (exact) mass is 709 g/mol. The average Bonchev–Trinajstić information content (AvgIpc) is 3.82. The van der Waals surface area contributed by atoms with E-state index in [2.05, 4.69) is 152 Å². The second-order valence-corrected chi connectivity index (χ2v) is 15.2. The van der Waals surface area contributed by atoms with Crippen LogP contribution in [0.15, 0.2) is 185 Å². The van der Waals surface area contributed by atoms with Crippen molar-refractivity contribution in [3.05, 3.63) is 187 Å². The van der Waals surface area contributed by atoms with Crippen LogP contribution in [-0.2, 0) is 0 Å². The molecule has 0 saturated heterocycles. The first-order valence-corrected chi connectivity index (χ1v) is 19.1. The molecule has 9 aromatic rings. The molecule has 2 atom stereocenters. The van der Waals surface area contributed by atoms with Crippen LogP contribution in [0.4, 0.5) is 0 Å². The van der Waals surface area contributed by atoms with Crippen molar-refractivity contribution in [2.45, 2.75) is 16.1 Å². The number of furan rings is 1. The molecule has 54 heavy (non-hydrogen) atoms. The predicted molar refractivity (Wildman–Crippen MR) is 222 cm³/mol. The van der Waals surface area contributed by atoms with Crippen LogP contribution in [0.2, 0.25) is 0 Å². The zero-order chi connectivity index (χ0) is 35.6. The minimum absolute atomic E-state index is 0.299. The molecule has 7 aromatic carbocycles. The lowest BCUT2D eigenvalue weighted by Gasteiger charge is -2.19. The molecule has 0 saturated carbocycles. The van der Waals surface area contributed by atoms with Crippen LogP contribution < -0.4 is 0 Å². The van der Waals surface area contributed by atoms with Crippen molar-refractivity contribution in [1.82, 2.24) is 15.0 Å². The Hall–Kier alpha value is -6.56. The lowest BCUT2D eigenvalue weighted by Crippen LogP contribution is -2.11. The molecular formula is C49H31N3OS. The largest absolute Gasteiger partial charge is 0.456 e. The molecular weight excluding hydrogens is 679 g/mol. The zero-order valence-electron chi connectivity index (χ0n) is 29.1. The van der Waals surface area contributed by atoms with Crippen molar-refractivity contribution in [3.8, 4) is 45.0 Å². The third-order valence-corrected chi connectivity index (χ3v) is 12.0. The summed E-state index contributed by atoms with van der Waals surface area (Å²) in [6.07, 6.45) is 6.85. The molecule has 1 aliphatic carbocycles. The van der Waals surface area contributed by atoms with E-state index in [1.54, 1.807) is 0 Å². The third-order valence-electron chi connectivity index (χ3n) is 10.7. The first kappa shape index (κ1) is 31.0. The maximum absolute atomic E-state index is 6.20. The minimum Gasteiger partial charge on any atom is -0.456 e. The summed E-state index contributed by atoms with van der Waals surface area (Å²) in [4.78, 5) is 16.8. The number of allylic oxidation sites excluding steroid dienone is 3. The van der Waals surface area contributed by atoms with Crippen LogP contribution in [0.5, 0.6) is 0 Å². The van der Waals surface area contributed by atoms with Crippen molar-refractivity contribution in [3.63, 3.8) is 0 Å². The Morgan fingerprint density at radius 1 is 0.500 bits per heavy atom. The average molecular weight is 710 g/mol. The van der Waals surface area contributed by atoms with Gasteiger partial charge in [-0.1, -0.05) is 140 Å². The molecule has 1 aliphatic heterocycles. The van der Waals surface area contributed by atoms with E-state index in [4.69, 9.17) is 19.4 Å². The summed E-state index contributed by atoms with van der Waals surface area (Å²) in [5, 5.41) is 4.84. The molecule has 2 aromatic heterocycles. The number of rotatable bonds is 5. The number of thioether (sulfide) groups is 1. The number of aromatic nitrogens is 3. The first-order chi connectivity index (χ1) is 26.7. The first-order valence-electron chi connectivity index (χ1n) is 18.2. The van der Waals surface area contributed by atoms with Gasteiger partial charge in [0.15, 0.2) is 17.5 Å². The predicted octanol–water partition coefficient (Wildman–Crippen LogP) is 12.8. The molecule has 0 spiro atoms. The molecule has 2 aliphatic rings. The van der Waals surface area contributed by atoms with Gasteiger partial charge in [-0.2, -0.15) is 0 Å². The summed E-state index contributed by atoms with van der Waals surface area (Å²) in [5.41, 5.74) is 10.7. The normalized spacial score (nSPS) is 16.1. The smallest absolute Gasteiger partial charge is 0.164 e. The Balaban J connectivity index is 1.01. The van der Waals surface area contributed by atoms with Gasteiger partial charge >= 0.3 is 0 Å². The van der Waals surface area contributed by atoms with E-state index in [1.807, 2.05) is 36.0 Å². The molecule has 254 valence electrons. The molecule has 0 N–H and O–H groups in total. The Bertz CT molecular complexity index is 3000. The van der Waals surface area contributed by atoms with E-state index < -0.39 is 0 Å². The standard InChI is InChI=1S/C49H31N3OS/c1-2-10-30(11-3-1)31-12-8-13-35(27-31)47-50-48(52-49(51-47)37-24-25-40-39-14-5-7-19-44(39)54-45(40)29-37)36-23-21-32-26-34(22-20-33(32)28-36)38-16-9-18-43-46(38)41-15-4-6-17-42(41)53-43/h1-29,40,45H. The fourth-order valence-corrected chi connectivity index (χ4v) is 9.39. The molecule has 0 bridgehead atoms. The van der Waals surface area contributed by atoms with E-state index in [0.717, 1.165) is 71.7 Å². The molecule has 11 rings (SSSR count). The Morgan fingerprint density at radius 3 is 2.06 bits per heavy atom. The number of para-hydroxylation sites is 1. The molecule has 0 fully saturated rings. The highest BCUT2D eigenvalue weighted by atomic mass is 32.2. The highest BCUT2D eigenvalue weighted by Gasteiger charge is 2.32. The van der Waals surface area contributed by atoms with Crippen LogP contribution in [0.25, 0.3) is 83.3 Å². The van der Waals surface area contributed by atoms with Crippen LogP contribution in [0.1, 0.15) is 17.3 Å². The maximum Gasteiger partial charge on any atom is 0.164 e. The van der Waals surface area contributed by atoms with Crippen LogP contribution in [0, 0.1) is 0 Å². The van der Waals surface area contributed by atoms with Gasteiger partial charge in [-0.25, -0.2) is 15.0 Å². The topological polar surface area (TPSA) is 51.8 Å². The lowest BCUT2D eigenvalue weighted by atomic mass is 9.90. The number of hydrogen-bond donors (Lipinski definition) is 0. The molecule has 0 radical (unpaired) electrons. The second kappa shape index (κ2) is 12.5. The fourth-order valence-electron chi connectivity index (χ4n) is 8.00. The number of hydrogen-bond acceptors (Lipinski definition) is 5. The Kier molecular flexibility index (Phi) is 7.20. The summed E-state index contributed by atoms with van der Waals surface area (Å²) < 4.78 is 6.20. The zero-order valence-corrected chi connectivity index (χ0v) is 29.9. The highest BCUT2D eigenvalue weighted by molar-refractivity contribution is 8.00. The quantitative estimate of drug-likeness (QED) is 0.178.